The van der Waals surface area contributed by atoms with Crippen LogP contribution in [0.1, 0.15) is 10.5 Å². The van der Waals surface area contributed by atoms with Gasteiger partial charge in [0.05, 0.1) is 17.8 Å². The van der Waals surface area contributed by atoms with Crippen LogP contribution >= 0.6 is 11.6 Å². The molecule has 0 aliphatic heterocycles. The highest BCUT2D eigenvalue weighted by Gasteiger charge is 2.11. The maximum Gasteiger partial charge on any atom is 0.276 e. The van der Waals surface area contributed by atoms with Crippen molar-refractivity contribution in [2.24, 2.45) is 0 Å². The normalized spacial score (nSPS) is 10.3. The van der Waals surface area contributed by atoms with Gasteiger partial charge in [-0.15, -0.1) is 10.2 Å². The Bertz CT molecular complexity index is 935. The number of benzene rings is 2. The van der Waals surface area contributed by atoms with Crippen molar-refractivity contribution in [3.63, 3.8) is 0 Å². The van der Waals surface area contributed by atoms with Gasteiger partial charge < -0.3 is 15.4 Å². The fourth-order valence-corrected chi connectivity index (χ4v) is 2.36. The zero-order valence-corrected chi connectivity index (χ0v) is 14.4. The van der Waals surface area contributed by atoms with E-state index in [2.05, 4.69) is 20.8 Å². The van der Waals surface area contributed by atoms with Crippen molar-refractivity contribution in [2.75, 3.05) is 17.7 Å². The Kier molecular flexibility index (Phi) is 5.28. The minimum Gasteiger partial charge on any atom is -0.495 e. The van der Waals surface area contributed by atoms with Gasteiger partial charge in [0.15, 0.2) is 11.5 Å². The number of nitrogens with one attached hydrogen (secondary N) is 2. The van der Waals surface area contributed by atoms with E-state index in [-0.39, 0.29) is 10.7 Å². The minimum absolute atomic E-state index is 0.00392. The Labute approximate surface area is 154 Å². The number of nitrogens with zero attached hydrogens (tertiary/aromatic N) is 2. The lowest BCUT2D eigenvalue weighted by Crippen LogP contribution is -2.15. The molecule has 0 aliphatic rings. The SMILES string of the molecule is COc1ccccc1NC(=O)c1ccc(Nc2ccc(F)c(Cl)c2)nn1. The number of halogens is 2. The van der Waals surface area contributed by atoms with Crippen LogP contribution in [0.25, 0.3) is 0 Å². The van der Waals surface area contributed by atoms with Crippen LogP contribution in [0, 0.1) is 5.82 Å². The lowest BCUT2D eigenvalue weighted by Gasteiger charge is -2.09. The average Bonchev–Trinajstić information content (AvgIpc) is 2.66. The molecule has 1 heterocycles. The highest BCUT2D eigenvalue weighted by atomic mass is 35.5. The average molecular weight is 373 g/mol. The van der Waals surface area contributed by atoms with Crippen molar-refractivity contribution in [2.45, 2.75) is 0 Å². The summed E-state index contributed by atoms with van der Waals surface area (Å²) in [6.07, 6.45) is 0. The molecule has 3 aromatic rings. The number of rotatable bonds is 5. The van der Waals surface area contributed by atoms with Gasteiger partial charge in [-0.25, -0.2) is 4.39 Å². The topological polar surface area (TPSA) is 76.1 Å². The van der Waals surface area contributed by atoms with Gasteiger partial charge >= 0.3 is 0 Å². The summed E-state index contributed by atoms with van der Waals surface area (Å²) in [5, 5.41) is 13.5. The molecule has 0 saturated carbocycles. The highest BCUT2D eigenvalue weighted by molar-refractivity contribution is 6.31. The number of hydrogen-bond donors (Lipinski definition) is 2. The lowest BCUT2D eigenvalue weighted by atomic mass is 10.2. The maximum atomic E-state index is 13.2. The minimum atomic E-state index is -0.508. The van der Waals surface area contributed by atoms with Crippen molar-refractivity contribution in [1.82, 2.24) is 10.2 Å². The van der Waals surface area contributed by atoms with Crippen LogP contribution in [0.5, 0.6) is 5.75 Å². The third-order valence-corrected chi connectivity index (χ3v) is 3.73. The Morgan fingerprint density at radius 1 is 1.12 bits per heavy atom. The summed E-state index contributed by atoms with van der Waals surface area (Å²) in [5.41, 5.74) is 1.22. The Balaban J connectivity index is 1.70. The second-order valence-corrected chi connectivity index (χ2v) is 5.62. The van der Waals surface area contributed by atoms with Gasteiger partial charge in [-0.3, -0.25) is 4.79 Å². The summed E-state index contributed by atoms with van der Waals surface area (Å²) in [4.78, 5) is 12.3. The molecule has 0 saturated heterocycles. The number of carbonyl (C=O) groups excluding carboxylic acids is 1. The van der Waals surface area contributed by atoms with E-state index in [0.29, 0.717) is 22.9 Å². The molecule has 1 amide bonds. The molecule has 2 N–H and O–H groups in total. The molecule has 0 fully saturated rings. The molecule has 8 heteroatoms. The second-order valence-electron chi connectivity index (χ2n) is 5.21. The molecule has 6 nitrogen and oxygen atoms in total. The van der Waals surface area contributed by atoms with Crippen LogP contribution in [0.15, 0.2) is 54.6 Å². The monoisotopic (exact) mass is 372 g/mol. The third-order valence-electron chi connectivity index (χ3n) is 3.44. The van der Waals surface area contributed by atoms with Crippen LogP contribution in [0.4, 0.5) is 21.6 Å². The summed E-state index contributed by atoms with van der Waals surface area (Å²) in [6.45, 7) is 0. The van der Waals surface area contributed by atoms with Crippen LogP contribution in [-0.4, -0.2) is 23.2 Å². The number of hydrogen-bond acceptors (Lipinski definition) is 5. The van der Waals surface area contributed by atoms with Crippen LogP contribution in [0.2, 0.25) is 5.02 Å². The van der Waals surface area contributed by atoms with Crippen LogP contribution in [0.3, 0.4) is 0 Å². The fourth-order valence-electron chi connectivity index (χ4n) is 2.18. The van der Waals surface area contributed by atoms with E-state index in [1.54, 1.807) is 30.3 Å². The number of carbonyl (C=O) groups is 1. The van der Waals surface area contributed by atoms with E-state index >= 15 is 0 Å². The standard InChI is InChI=1S/C18H14ClFN4O2/c1-26-16-5-3-2-4-14(16)22-18(25)15-8-9-17(24-23-15)21-11-6-7-13(20)12(19)10-11/h2-10H,1H3,(H,21,24)(H,22,25). The predicted octanol–water partition coefficient (Wildman–Crippen LogP) is 4.27. The molecule has 0 unspecified atom stereocenters. The molecular weight excluding hydrogens is 359 g/mol. The predicted molar refractivity (Wildman–Crippen MR) is 97.7 cm³/mol. The van der Waals surface area contributed by atoms with Crippen molar-refractivity contribution < 1.29 is 13.9 Å². The number of aromatic nitrogens is 2. The van der Waals surface area contributed by atoms with Crippen molar-refractivity contribution in [1.29, 1.82) is 0 Å². The van der Waals surface area contributed by atoms with E-state index in [9.17, 15) is 9.18 Å². The quantitative estimate of drug-likeness (QED) is 0.699. The molecular formula is C18H14ClFN4O2. The van der Waals surface area contributed by atoms with Crippen LogP contribution < -0.4 is 15.4 Å². The summed E-state index contributed by atoms with van der Waals surface area (Å²) >= 11 is 5.73. The smallest absolute Gasteiger partial charge is 0.276 e. The zero-order valence-electron chi connectivity index (χ0n) is 13.7. The van der Waals surface area contributed by atoms with E-state index in [4.69, 9.17) is 16.3 Å². The first-order valence-electron chi connectivity index (χ1n) is 7.57. The van der Waals surface area contributed by atoms with Gasteiger partial charge in [0, 0.05) is 5.69 Å². The fraction of sp³-hybridized carbons (Fsp3) is 0.0556. The van der Waals surface area contributed by atoms with E-state index in [0.717, 1.165) is 0 Å². The number of ether oxygens (including phenoxy) is 1. The molecule has 0 bridgehead atoms. The molecule has 132 valence electrons. The van der Waals surface area contributed by atoms with E-state index in [1.165, 1.54) is 31.4 Å². The Hall–Kier alpha value is -3.19. The van der Waals surface area contributed by atoms with Gasteiger partial charge in [0.1, 0.15) is 11.6 Å². The van der Waals surface area contributed by atoms with Crippen molar-refractivity contribution >= 4 is 34.7 Å². The van der Waals surface area contributed by atoms with Gasteiger partial charge in [-0.1, -0.05) is 23.7 Å². The van der Waals surface area contributed by atoms with Gasteiger partial charge in [0.2, 0.25) is 0 Å². The first-order chi connectivity index (χ1) is 12.6. The zero-order chi connectivity index (χ0) is 18.5. The highest BCUT2D eigenvalue weighted by Crippen LogP contribution is 2.24. The van der Waals surface area contributed by atoms with Crippen LogP contribution in [-0.2, 0) is 0 Å². The van der Waals surface area contributed by atoms with E-state index < -0.39 is 11.7 Å². The molecule has 0 radical (unpaired) electrons. The first kappa shape index (κ1) is 17.6. The third kappa shape index (κ3) is 4.07. The molecule has 26 heavy (non-hydrogen) atoms. The summed E-state index contributed by atoms with van der Waals surface area (Å²) in [7, 11) is 1.52. The molecule has 3 rings (SSSR count). The second kappa shape index (κ2) is 7.79. The number of anilines is 3. The number of para-hydroxylation sites is 2. The summed E-state index contributed by atoms with van der Waals surface area (Å²) < 4.78 is 18.4. The molecule has 2 aromatic carbocycles. The largest absolute Gasteiger partial charge is 0.495 e. The molecule has 1 aromatic heterocycles. The number of amides is 1. The molecule has 0 spiro atoms. The van der Waals surface area contributed by atoms with Crippen molar-refractivity contribution in [3.8, 4) is 5.75 Å². The molecule has 0 aliphatic carbocycles. The summed E-state index contributed by atoms with van der Waals surface area (Å²) in [6, 6.07) is 14.3. The van der Waals surface area contributed by atoms with E-state index in [1.807, 2.05) is 0 Å². The van der Waals surface area contributed by atoms with Crippen molar-refractivity contribution in [3.05, 3.63) is 71.1 Å². The van der Waals surface area contributed by atoms with Gasteiger partial charge in [-0.2, -0.15) is 0 Å². The maximum absolute atomic E-state index is 13.2. The van der Waals surface area contributed by atoms with Gasteiger partial charge in [0.25, 0.3) is 5.91 Å². The van der Waals surface area contributed by atoms with Gasteiger partial charge in [-0.05, 0) is 42.5 Å². The first-order valence-corrected chi connectivity index (χ1v) is 7.95. The Morgan fingerprint density at radius 3 is 2.62 bits per heavy atom. The molecule has 0 atom stereocenters. The number of methoxy groups -OCH3 is 1. The lowest BCUT2D eigenvalue weighted by molar-refractivity contribution is 0.102. The Morgan fingerprint density at radius 2 is 1.92 bits per heavy atom. The summed E-state index contributed by atoms with van der Waals surface area (Å²) in [5.74, 6) is 0.00633.